The maximum absolute atomic E-state index is 11.5. The van der Waals surface area contributed by atoms with Gasteiger partial charge >= 0.3 is 137 Å². The summed E-state index contributed by atoms with van der Waals surface area (Å²) in [6, 6.07) is 29.6. The molecule has 0 bridgehead atoms. The molecule has 0 aliphatic carbocycles. The van der Waals surface area contributed by atoms with E-state index in [1.54, 1.807) is 0 Å². The van der Waals surface area contributed by atoms with E-state index < -0.39 is 13.1 Å². The summed E-state index contributed by atoms with van der Waals surface area (Å²) in [5.74, 6) is 0. The van der Waals surface area contributed by atoms with Gasteiger partial charge in [0.1, 0.15) is 0 Å². The Hall–Kier alpha value is -2.51. The van der Waals surface area contributed by atoms with Gasteiger partial charge in [-0.15, -0.1) is 0 Å². The van der Waals surface area contributed by atoms with Crippen LogP contribution >= 0.6 is 0 Å². The van der Waals surface area contributed by atoms with Gasteiger partial charge in [-0.25, -0.2) is 0 Å². The SMILES string of the molecule is O=[N+]([O-])C=[As](c1ccccc1)(c1ccccc1)c1ccccc1. The van der Waals surface area contributed by atoms with Crippen LogP contribution in [0.5, 0.6) is 0 Å². The van der Waals surface area contributed by atoms with Gasteiger partial charge in [-0.3, -0.25) is 0 Å². The molecule has 114 valence electrons. The third-order valence-corrected chi connectivity index (χ3v) is 11.9. The Morgan fingerprint density at radius 1 is 0.652 bits per heavy atom. The molecule has 23 heavy (non-hydrogen) atoms. The van der Waals surface area contributed by atoms with Crippen molar-refractivity contribution in [3.05, 3.63) is 101 Å². The number of nitrogens with zero attached hydrogens (tertiary/aromatic N) is 1. The predicted molar refractivity (Wildman–Crippen MR) is 97.0 cm³/mol. The molecule has 0 amide bonds. The van der Waals surface area contributed by atoms with Crippen molar-refractivity contribution >= 4 is 31.1 Å². The first-order valence-corrected chi connectivity index (χ1v) is 11.2. The molecule has 0 fully saturated rings. The molecular weight excluding hydrogens is 349 g/mol. The molecular formula is C19H16AsNO2. The Morgan fingerprint density at radius 2 is 0.957 bits per heavy atom. The topological polar surface area (TPSA) is 43.1 Å². The van der Waals surface area contributed by atoms with Crippen molar-refractivity contribution in [2.24, 2.45) is 0 Å². The predicted octanol–water partition coefficient (Wildman–Crippen LogP) is 1.77. The Labute approximate surface area is 137 Å². The molecule has 3 aromatic carbocycles. The van der Waals surface area contributed by atoms with E-state index in [4.69, 9.17) is 0 Å². The number of rotatable bonds is 4. The summed E-state index contributed by atoms with van der Waals surface area (Å²) in [6.45, 7) is 0. The second kappa shape index (κ2) is 6.72. The van der Waals surface area contributed by atoms with Gasteiger partial charge in [-0.1, -0.05) is 0 Å². The molecule has 0 atom stereocenters. The van der Waals surface area contributed by atoms with Crippen LogP contribution in [0.15, 0.2) is 91.0 Å². The van der Waals surface area contributed by atoms with E-state index in [0.29, 0.717) is 0 Å². The molecule has 0 N–H and O–H groups in total. The van der Waals surface area contributed by atoms with Crippen molar-refractivity contribution in [3.8, 4) is 0 Å². The third kappa shape index (κ3) is 3.01. The van der Waals surface area contributed by atoms with E-state index in [9.17, 15) is 10.1 Å². The fraction of sp³-hybridized carbons (Fsp3) is 0. The van der Waals surface area contributed by atoms with Gasteiger partial charge in [-0.2, -0.15) is 0 Å². The molecule has 0 aliphatic rings. The fourth-order valence-electron chi connectivity index (χ4n) is 2.78. The first-order chi connectivity index (χ1) is 11.2. The van der Waals surface area contributed by atoms with Gasteiger partial charge in [0.05, 0.1) is 0 Å². The number of hydrogen-bond acceptors (Lipinski definition) is 2. The molecule has 0 spiro atoms. The van der Waals surface area contributed by atoms with Crippen molar-refractivity contribution in [2.75, 3.05) is 0 Å². The first-order valence-electron chi connectivity index (χ1n) is 7.28. The van der Waals surface area contributed by atoms with Crippen LogP contribution < -0.4 is 13.1 Å². The minimum atomic E-state index is -3.26. The molecule has 0 unspecified atom stereocenters. The summed E-state index contributed by atoms with van der Waals surface area (Å²) in [5, 5.41) is 11.5. The zero-order chi connectivity index (χ0) is 16.1. The summed E-state index contributed by atoms with van der Waals surface area (Å²) < 4.78 is 3.12. The summed E-state index contributed by atoms with van der Waals surface area (Å²) >= 11 is -3.26. The van der Waals surface area contributed by atoms with Crippen LogP contribution in [0.1, 0.15) is 0 Å². The second-order valence-electron chi connectivity index (χ2n) is 5.13. The van der Waals surface area contributed by atoms with Crippen LogP contribution in [0, 0.1) is 10.1 Å². The van der Waals surface area contributed by atoms with Crippen LogP contribution in [-0.4, -0.2) is 23.0 Å². The van der Waals surface area contributed by atoms with Gasteiger partial charge < -0.3 is 0 Å². The van der Waals surface area contributed by atoms with Gasteiger partial charge in [0, 0.05) is 0 Å². The maximum atomic E-state index is 11.5. The summed E-state index contributed by atoms with van der Waals surface area (Å²) in [4.78, 5) is 12.6. The van der Waals surface area contributed by atoms with Gasteiger partial charge in [-0.05, 0) is 0 Å². The van der Waals surface area contributed by atoms with E-state index in [0.717, 1.165) is 13.1 Å². The Morgan fingerprint density at radius 3 is 1.22 bits per heavy atom. The van der Waals surface area contributed by atoms with Crippen molar-refractivity contribution in [3.63, 3.8) is 0 Å². The average molecular weight is 365 g/mol. The van der Waals surface area contributed by atoms with E-state index >= 15 is 0 Å². The normalized spacial score (nSPS) is 11.0. The van der Waals surface area contributed by atoms with Crippen molar-refractivity contribution in [2.45, 2.75) is 0 Å². The average Bonchev–Trinajstić information content (AvgIpc) is 2.62. The monoisotopic (exact) mass is 365 g/mol. The first kappa shape index (κ1) is 15.4. The van der Waals surface area contributed by atoms with Crippen LogP contribution in [0.2, 0.25) is 0 Å². The van der Waals surface area contributed by atoms with E-state index in [1.165, 1.54) is 4.93 Å². The second-order valence-corrected chi connectivity index (χ2v) is 11.9. The molecule has 3 aromatic rings. The summed E-state index contributed by atoms with van der Waals surface area (Å²) in [6.07, 6.45) is 0. The van der Waals surface area contributed by atoms with E-state index in [-0.39, 0.29) is 4.92 Å². The molecule has 0 heterocycles. The van der Waals surface area contributed by atoms with Gasteiger partial charge in [0.25, 0.3) is 0 Å². The minimum absolute atomic E-state index is 0.278. The zero-order valence-corrected chi connectivity index (χ0v) is 14.3. The van der Waals surface area contributed by atoms with Gasteiger partial charge in [0.2, 0.25) is 0 Å². The molecule has 0 saturated carbocycles. The number of benzene rings is 3. The Balaban J connectivity index is 2.43. The van der Waals surface area contributed by atoms with E-state index in [1.807, 2.05) is 91.0 Å². The van der Waals surface area contributed by atoms with Crippen molar-refractivity contribution < 1.29 is 4.92 Å². The summed E-state index contributed by atoms with van der Waals surface area (Å²) in [7, 11) is 0. The summed E-state index contributed by atoms with van der Waals surface area (Å²) in [5.41, 5.74) is 0. The molecule has 3 rings (SSSR count). The van der Waals surface area contributed by atoms with Crippen molar-refractivity contribution in [1.82, 2.24) is 0 Å². The van der Waals surface area contributed by atoms with Crippen LogP contribution in [0.3, 0.4) is 0 Å². The number of hydrogen-bond donors (Lipinski definition) is 0. The standard InChI is InChI=1S/C19H16AsNO2/c22-21(23)16-20(17-10-4-1-5-11-17,18-12-6-2-7-13-18)19-14-8-3-9-15-19/h1-16H. The Kier molecular flexibility index (Phi) is 4.49. The quantitative estimate of drug-likeness (QED) is 0.402. The molecule has 3 nitrogen and oxygen atoms in total. The van der Waals surface area contributed by atoms with Crippen LogP contribution in [-0.2, 0) is 0 Å². The molecule has 0 saturated heterocycles. The zero-order valence-electron chi connectivity index (χ0n) is 12.4. The molecule has 4 heteroatoms. The Bertz CT molecular complexity index is 743. The third-order valence-electron chi connectivity index (χ3n) is 3.76. The molecule has 0 radical (unpaired) electrons. The van der Waals surface area contributed by atoms with Crippen molar-refractivity contribution in [1.29, 1.82) is 0 Å². The molecule has 0 aromatic heterocycles. The molecule has 0 aliphatic heterocycles. The van der Waals surface area contributed by atoms with Gasteiger partial charge in [0.15, 0.2) is 0 Å². The van der Waals surface area contributed by atoms with E-state index in [2.05, 4.69) is 0 Å². The van der Waals surface area contributed by atoms with Crippen LogP contribution in [0.4, 0.5) is 0 Å². The fourth-order valence-corrected chi connectivity index (χ4v) is 10.1. The van der Waals surface area contributed by atoms with Crippen LogP contribution in [0.25, 0.3) is 0 Å². The number of nitro groups is 1.